The molecule has 39 heavy (non-hydrogen) atoms. The summed E-state index contributed by atoms with van der Waals surface area (Å²) < 4.78 is 31.7. The van der Waals surface area contributed by atoms with E-state index in [4.69, 9.17) is 14.8 Å². The van der Waals surface area contributed by atoms with Crippen LogP contribution in [0, 0.1) is 0 Å². The number of hydrogen-bond acceptors (Lipinski definition) is 10. The zero-order valence-electron chi connectivity index (χ0n) is 19.9. The fourth-order valence-electron chi connectivity index (χ4n) is 2.93. The van der Waals surface area contributed by atoms with Crippen LogP contribution in [0.2, 0.25) is 0 Å². The summed E-state index contributed by atoms with van der Waals surface area (Å²) in [5.41, 5.74) is -0.424. The highest BCUT2D eigenvalue weighted by molar-refractivity contribution is 7.85. The van der Waals surface area contributed by atoms with Gasteiger partial charge in [0, 0.05) is 5.69 Å². The molecule has 200 valence electrons. The molecule has 0 atom stereocenters. The lowest BCUT2D eigenvalue weighted by atomic mass is 10.1. The first-order valence-electron chi connectivity index (χ1n) is 10.7. The van der Waals surface area contributed by atoms with Crippen LogP contribution in [0.3, 0.4) is 0 Å². The van der Waals surface area contributed by atoms with E-state index in [2.05, 4.69) is 25.8 Å². The zero-order valence-corrected chi connectivity index (χ0v) is 20.7. The minimum atomic E-state index is -4.49. The molecule has 0 spiro atoms. The predicted octanol–water partition coefficient (Wildman–Crippen LogP) is 5.26. The molecule has 5 N–H and O–H groups in total. The molecule has 3 aromatic rings. The highest BCUT2D eigenvalue weighted by Gasteiger charge is 2.16. The van der Waals surface area contributed by atoms with E-state index >= 15 is 0 Å². The van der Waals surface area contributed by atoms with Crippen molar-refractivity contribution in [1.29, 1.82) is 0 Å². The second-order valence-electron chi connectivity index (χ2n) is 7.69. The van der Waals surface area contributed by atoms with Gasteiger partial charge in [0.25, 0.3) is 16.0 Å². The van der Waals surface area contributed by atoms with Crippen LogP contribution in [0.1, 0.15) is 27.6 Å². The van der Waals surface area contributed by atoms with Crippen molar-refractivity contribution >= 4 is 50.7 Å². The number of aliphatic hydroxyl groups excluding tert-OH is 1. The van der Waals surface area contributed by atoms with Crippen LogP contribution in [0.25, 0.3) is 0 Å². The van der Waals surface area contributed by atoms with E-state index in [1.807, 2.05) is 0 Å². The third kappa shape index (κ3) is 7.85. The maximum absolute atomic E-state index is 12.5. The van der Waals surface area contributed by atoms with Gasteiger partial charge in [0.05, 0.1) is 33.1 Å². The van der Waals surface area contributed by atoms with Crippen molar-refractivity contribution in [2.75, 3.05) is 5.32 Å². The van der Waals surface area contributed by atoms with Gasteiger partial charge in [-0.1, -0.05) is 6.07 Å². The van der Waals surface area contributed by atoms with Gasteiger partial charge in [-0.25, -0.2) is 9.59 Å². The lowest BCUT2D eigenvalue weighted by molar-refractivity contribution is -0.113. The number of anilines is 1. The summed E-state index contributed by atoms with van der Waals surface area (Å²) in [7, 11) is -4.49. The van der Waals surface area contributed by atoms with E-state index in [-0.39, 0.29) is 28.2 Å². The normalized spacial score (nSPS) is 12.4. The number of nitrogens with one attached hydrogen (secondary N) is 1. The highest BCUT2D eigenvalue weighted by Crippen LogP contribution is 2.25. The molecule has 14 nitrogen and oxygen atoms in total. The summed E-state index contributed by atoms with van der Waals surface area (Å²) in [4.78, 5) is 34.5. The third-order valence-electron chi connectivity index (χ3n) is 4.76. The van der Waals surface area contributed by atoms with Gasteiger partial charge in [-0.05, 0) is 67.6 Å². The van der Waals surface area contributed by atoms with Crippen molar-refractivity contribution in [3.8, 4) is 0 Å². The Bertz CT molecular complexity index is 1610. The number of allylic oxidation sites excluding steroid dienone is 1. The van der Waals surface area contributed by atoms with Gasteiger partial charge in [-0.15, -0.1) is 5.11 Å². The minimum absolute atomic E-state index is 0.0115. The summed E-state index contributed by atoms with van der Waals surface area (Å²) in [5.74, 6) is -4.02. The average molecular weight is 554 g/mol. The quantitative estimate of drug-likeness (QED) is 0.101. The van der Waals surface area contributed by atoms with Crippen LogP contribution >= 0.6 is 0 Å². The molecule has 0 saturated heterocycles. The molecule has 0 unspecified atom stereocenters. The molecule has 1 amide bonds. The van der Waals surface area contributed by atoms with E-state index in [1.54, 1.807) is 0 Å². The molecule has 0 radical (unpaired) electrons. The molecule has 0 heterocycles. The number of carboxylic acid groups (broad SMARTS) is 2. The summed E-state index contributed by atoms with van der Waals surface area (Å²) in [6.45, 7) is 1.20. The maximum Gasteiger partial charge on any atom is 0.335 e. The van der Waals surface area contributed by atoms with Gasteiger partial charge in [0.1, 0.15) is 5.76 Å². The Balaban J connectivity index is 1.74. The van der Waals surface area contributed by atoms with Crippen molar-refractivity contribution in [1.82, 2.24) is 0 Å². The summed E-state index contributed by atoms with van der Waals surface area (Å²) in [6, 6.07) is 14.0. The smallest absolute Gasteiger partial charge is 0.335 e. The van der Waals surface area contributed by atoms with Crippen LogP contribution in [0.4, 0.5) is 22.7 Å². The second kappa shape index (κ2) is 11.8. The standard InChI is InChI=1S/C24H19N5O9S/c1-13(30)21(22(31)25-18-3-2-4-20(12-18)39(36,37)38)29-27-17-7-5-16(6-8-17)26-28-19-10-14(23(32)33)9-15(11-19)24(34)35/h2-12,30H,1H3,(H,25,31)(H,32,33)(H,34,35)(H,36,37,38). The lowest BCUT2D eigenvalue weighted by Crippen LogP contribution is -2.15. The zero-order chi connectivity index (χ0) is 28.7. The minimum Gasteiger partial charge on any atom is -0.510 e. The summed E-state index contributed by atoms with van der Waals surface area (Å²) >= 11 is 0. The monoisotopic (exact) mass is 553 g/mol. The number of carbonyl (C=O) groups excluding carboxylic acids is 1. The molecule has 0 saturated carbocycles. The molecule has 0 aliphatic carbocycles. The molecule has 0 aromatic heterocycles. The number of carbonyl (C=O) groups is 3. The Labute approximate surface area is 220 Å². The van der Waals surface area contributed by atoms with Crippen molar-refractivity contribution in [2.45, 2.75) is 11.8 Å². The predicted molar refractivity (Wildman–Crippen MR) is 136 cm³/mol. The molecule has 0 fully saturated rings. The molecular formula is C24H19N5O9S. The van der Waals surface area contributed by atoms with Gasteiger partial charge >= 0.3 is 11.9 Å². The number of carboxylic acids is 2. The Kier molecular flexibility index (Phi) is 8.59. The van der Waals surface area contributed by atoms with Crippen LogP contribution in [0.15, 0.2) is 104 Å². The third-order valence-corrected chi connectivity index (χ3v) is 5.60. The Hall–Kier alpha value is -5.28. The first-order valence-corrected chi connectivity index (χ1v) is 12.1. The summed E-state index contributed by atoms with van der Waals surface area (Å²) in [6.07, 6.45) is 0. The van der Waals surface area contributed by atoms with E-state index in [0.29, 0.717) is 5.69 Å². The van der Waals surface area contributed by atoms with E-state index in [0.717, 1.165) is 30.3 Å². The van der Waals surface area contributed by atoms with Crippen molar-refractivity contribution < 1.29 is 42.7 Å². The summed E-state index contributed by atoms with van der Waals surface area (Å²) in [5, 5.41) is 45.9. The van der Waals surface area contributed by atoms with Gasteiger partial charge in [-0.3, -0.25) is 9.35 Å². The molecule has 3 rings (SSSR count). The molecule has 15 heteroatoms. The number of nitrogens with zero attached hydrogens (tertiary/aromatic N) is 4. The number of aromatic carboxylic acids is 2. The van der Waals surface area contributed by atoms with Crippen LogP contribution in [-0.4, -0.2) is 46.1 Å². The largest absolute Gasteiger partial charge is 0.510 e. The maximum atomic E-state index is 12.5. The van der Waals surface area contributed by atoms with Crippen LogP contribution in [0.5, 0.6) is 0 Å². The highest BCUT2D eigenvalue weighted by atomic mass is 32.2. The first-order chi connectivity index (χ1) is 18.3. The van der Waals surface area contributed by atoms with Crippen molar-refractivity contribution in [3.05, 3.63) is 89.3 Å². The number of hydrogen-bond donors (Lipinski definition) is 5. The lowest BCUT2D eigenvalue weighted by Gasteiger charge is -2.07. The van der Waals surface area contributed by atoms with E-state index in [1.165, 1.54) is 43.3 Å². The molecule has 0 bridgehead atoms. The molecule has 0 aliphatic rings. The molecule has 0 aliphatic heterocycles. The van der Waals surface area contributed by atoms with Gasteiger partial charge < -0.3 is 20.6 Å². The van der Waals surface area contributed by atoms with Crippen molar-refractivity contribution in [3.63, 3.8) is 0 Å². The van der Waals surface area contributed by atoms with Gasteiger partial charge in [0.15, 0.2) is 5.70 Å². The number of azo groups is 2. The first kappa shape index (κ1) is 28.3. The van der Waals surface area contributed by atoms with Gasteiger partial charge in [0.2, 0.25) is 0 Å². The second-order valence-corrected chi connectivity index (χ2v) is 9.11. The Morgan fingerprint density at radius 3 is 1.79 bits per heavy atom. The Morgan fingerprint density at radius 2 is 1.28 bits per heavy atom. The number of amides is 1. The topological polar surface area (TPSA) is 228 Å². The molecular weight excluding hydrogens is 534 g/mol. The van der Waals surface area contributed by atoms with Crippen LogP contribution in [-0.2, 0) is 14.9 Å². The van der Waals surface area contributed by atoms with Crippen molar-refractivity contribution in [2.24, 2.45) is 20.5 Å². The fraction of sp³-hybridized carbons (Fsp3) is 0.0417. The number of rotatable bonds is 9. The average Bonchev–Trinajstić information content (AvgIpc) is 2.87. The Morgan fingerprint density at radius 1 is 0.744 bits per heavy atom. The SMILES string of the molecule is CC(O)=C(N=Nc1ccc(N=Nc2cc(C(=O)O)cc(C(=O)O)c2)cc1)C(=O)Nc1cccc(S(=O)(=O)O)c1. The van der Waals surface area contributed by atoms with Gasteiger partial charge in [-0.2, -0.15) is 23.8 Å². The number of aliphatic hydroxyl groups is 1. The van der Waals surface area contributed by atoms with Crippen LogP contribution < -0.4 is 5.32 Å². The molecule has 3 aromatic carbocycles. The fourth-order valence-corrected chi connectivity index (χ4v) is 3.46. The number of benzene rings is 3. The van der Waals surface area contributed by atoms with E-state index < -0.39 is 44.3 Å². The van der Waals surface area contributed by atoms with E-state index in [9.17, 15) is 27.9 Å².